The Bertz CT molecular complexity index is 908. The molecule has 2 fully saturated rings. The van der Waals surface area contributed by atoms with Gasteiger partial charge < -0.3 is 9.47 Å². The Morgan fingerprint density at radius 1 is 0.935 bits per heavy atom. The van der Waals surface area contributed by atoms with Crippen molar-refractivity contribution in [2.75, 3.05) is 39.8 Å². The van der Waals surface area contributed by atoms with Crippen LogP contribution in [0.25, 0.3) is 5.69 Å². The average Bonchev–Trinajstić information content (AvgIpc) is 3.12. The lowest BCUT2D eigenvalue weighted by molar-refractivity contribution is 0.0915. The number of rotatable bonds is 3. The summed E-state index contributed by atoms with van der Waals surface area (Å²) in [5.74, 6) is 0.256. The highest BCUT2D eigenvalue weighted by atomic mass is 35.5. The summed E-state index contributed by atoms with van der Waals surface area (Å²) in [6.07, 6.45) is 9.95. The van der Waals surface area contributed by atoms with Crippen LogP contribution in [0.3, 0.4) is 0 Å². The number of ketones is 1. The molecule has 0 spiro atoms. The van der Waals surface area contributed by atoms with E-state index in [4.69, 9.17) is 11.6 Å². The second-order valence-corrected chi connectivity index (χ2v) is 9.80. The van der Waals surface area contributed by atoms with Crippen molar-refractivity contribution >= 4 is 17.4 Å². The third-order valence-corrected chi connectivity index (χ3v) is 7.19. The lowest BCUT2D eigenvalue weighted by Gasteiger charge is -2.25. The molecule has 0 saturated carbocycles. The number of aromatic nitrogens is 1. The molecular formula is C26H36ClN3O. The molecule has 3 aliphatic rings. The van der Waals surface area contributed by atoms with Gasteiger partial charge in [-0.05, 0) is 109 Å². The highest BCUT2D eigenvalue weighted by Crippen LogP contribution is 2.31. The minimum atomic E-state index is 0.256. The molecule has 4 heterocycles. The van der Waals surface area contributed by atoms with Gasteiger partial charge in [-0.2, -0.15) is 0 Å². The number of likely N-dealkylation sites (tertiary alicyclic amines) is 2. The van der Waals surface area contributed by atoms with Gasteiger partial charge in [0.1, 0.15) is 0 Å². The smallest absolute Gasteiger partial charge is 0.178 e. The van der Waals surface area contributed by atoms with Crippen LogP contribution in [-0.4, -0.2) is 59.9 Å². The first-order valence-corrected chi connectivity index (χ1v) is 12.3. The number of carbonyl (C=O) groups excluding carboxylic acids is 1. The van der Waals surface area contributed by atoms with Crippen LogP contribution in [0.4, 0.5) is 0 Å². The Balaban J connectivity index is 0.000000282. The first-order chi connectivity index (χ1) is 15.0. The molecule has 0 amide bonds. The zero-order valence-corrected chi connectivity index (χ0v) is 19.9. The number of carbonyl (C=O) groups is 1. The Morgan fingerprint density at radius 2 is 1.61 bits per heavy atom. The zero-order valence-electron chi connectivity index (χ0n) is 19.1. The van der Waals surface area contributed by atoms with Crippen molar-refractivity contribution in [2.45, 2.75) is 58.3 Å². The molecule has 1 aromatic heterocycles. The number of piperidine rings is 2. The molecule has 4 nitrogen and oxygen atoms in total. The van der Waals surface area contributed by atoms with Crippen LogP contribution in [0, 0.1) is 6.92 Å². The van der Waals surface area contributed by atoms with Crippen LogP contribution in [0.5, 0.6) is 0 Å². The fourth-order valence-electron chi connectivity index (χ4n) is 5.17. The second-order valence-electron chi connectivity index (χ2n) is 9.37. The van der Waals surface area contributed by atoms with Crippen LogP contribution in [0.15, 0.2) is 24.3 Å². The standard InChI is InChI=1S/C20H23ClN2O.C6H13N/c1-14-18(20(24)13-22-9-3-2-4-10-22)12-17-7-5-15-11-16(21)6-8-19(15)23(14)17;1-7-5-3-2-4-6-7/h6,8,11-12H,2-5,7,9-10,13H2,1H3;2-6H2,1H3. The molecule has 0 unspecified atom stereocenters. The largest absolute Gasteiger partial charge is 0.317 e. The molecular weight excluding hydrogens is 406 g/mol. The molecule has 168 valence electrons. The maximum atomic E-state index is 12.8. The summed E-state index contributed by atoms with van der Waals surface area (Å²) in [4.78, 5) is 17.5. The van der Waals surface area contributed by atoms with Crippen LogP contribution >= 0.6 is 11.6 Å². The van der Waals surface area contributed by atoms with Gasteiger partial charge in [0.2, 0.25) is 0 Å². The molecule has 0 bridgehead atoms. The molecule has 0 atom stereocenters. The monoisotopic (exact) mass is 441 g/mol. The highest BCUT2D eigenvalue weighted by molar-refractivity contribution is 6.30. The fourth-order valence-corrected chi connectivity index (χ4v) is 5.36. The number of benzene rings is 1. The third-order valence-electron chi connectivity index (χ3n) is 6.95. The fraction of sp³-hybridized carbons (Fsp3) is 0.577. The number of nitrogens with zero attached hydrogens (tertiary/aromatic N) is 3. The Morgan fingerprint density at radius 3 is 2.26 bits per heavy atom. The molecule has 0 N–H and O–H groups in total. The summed E-state index contributed by atoms with van der Waals surface area (Å²) in [7, 11) is 2.19. The van der Waals surface area contributed by atoms with E-state index >= 15 is 0 Å². The SMILES string of the molecule is CN1CCCCC1.Cc1c(C(=O)CN2CCCCC2)cc2n1-c1ccc(Cl)cc1CC2. The molecule has 31 heavy (non-hydrogen) atoms. The summed E-state index contributed by atoms with van der Waals surface area (Å²) in [5, 5.41) is 0.781. The Kier molecular flexibility index (Phi) is 7.52. The van der Waals surface area contributed by atoms with E-state index in [1.54, 1.807) is 0 Å². The number of hydrogen-bond donors (Lipinski definition) is 0. The molecule has 2 aromatic rings. The van der Waals surface area contributed by atoms with Crippen LogP contribution in [0.1, 0.15) is 65.8 Å². The van der Waals surface area contributed by atoms with Crippen molar-refractivity contribution in [1.29, 1.82) is 0 Å². The predicted molar refractivity (Wildman–Crippen MR) is 129 cm³/mol. The van der Waals surface area contributed by atoms with Crippen molar-refractivity contribution in [1.82, 2.24) is 14.4 Å². The van der Waals surface area contributed by atoms with Crippen molar-refractivity contribution in [2.24, 2.45) is 0 Å². The molecule has 5 heteroatoms. The minimum absolute atomic E-state index is 0.256. The van der Waals surface area contributed by atoms with Gasteiger partial charge in [-0.25, -0.2) is 0 Å². The molecule has 0 aliphatic carbocycles. The van der Waals surface area contributed by atoms with E-state index < -0.39 is 0 Å². The van der Waals surface area contributed by atoms with Crippen molar-refractivity contribution < 1.29 is 4.79 Å². The van der Waals surface area contributed by atoms with E-state index in [0.717, 1.165) is 42.2 Å². The van der Waals surface area contributed by atoms with Crippen molar-refractivity contribution in [3.63, 3.8) is 0 Å². The molecule has 0 radical (unpaired) electrons. The summed E-state index contributed by atoms with van der Waals surface area (Å²) >= 11 is 6.14. The van der Waals surface area contributed by atoms with Crippen LogP contribution in [-0.2, 0) is 12.8 Å². The number of aryl methyl sites for hydroxylation is 2. The van der Waals surface area contributed by atoms with E-state index in [1.807, 2.05) is 6.07 Å². The van der Waals surface area contributed by atoms with E-state index in [0.29, 0.717) is 6.54 Å². The Labute approximate surface area is 192 Å². The normalized spacial score (nSPS) is 19.2. The van der Waals surface area contributed by atoms with E-state index in [9.17, 15) is 4.79 Å². The van der Waals surface area contributed by atoms with Crippen LogP contribution < -0.4 is 0 Å². The van der Waals surface area contributed by atoms with Gasteiger partial charge in [0.05, 0.1) is 6.54 Å². The van der Waals surface area contributed by atoms with Crippen LogP contribution in [0.2, 0.25) is 5.02 Å². The van der Waals surface area contributed by atoms with Crippen molar-refractivity contribution in [3.8, 4) is 5.69 Å². The summed E-state index contributed by atoms with van der Waals surface area (Å²) in [6.45, 7) is 7.37. The highest BCUT2D eigenvalue weighted by Gasteiger charge is 2.24. The lowest BCUT2D eigenvalue weighted by atomic mass is 10.0. The van der Waals surface area contributed by atoms with Gasteiger partial charge in [0, 0.05) is 27.7 Å². The van der Waals surface area contributed by atoms with E-state index in [2.05, 4.69) is 46.5 Å². The molecule has 3 aliphatic heterocycles. The lowest BCUT2D eigenvalue weighted by Crippen LogP contribution is -2.34. The maximum absolute atomic E-state index is 12.8. The summed E-state index contributed by atoms with van der Waals surface area (Å²) in [6, 6.07) is 8.17. The summed E-state index contributed by atoms with van der Waals surface area (Å²) < 4.78 is 2.25. The first-order valence-electron chi connectivity index (χ1n) is 12.0. The van der Waals surface area contributed by atoms with E-state index in [1.165, 1.54) is 68.6 Å². The number of halogens is 1. The first kappa shape index (κ1) is 22.6. The topological polar surface area (TPSA) is 28.5 Å². The van der Waals surface area contributed by atoms with Gasteiger partial charge in [-0.3, -0.25) is 9.69 Å². The van der Waals surface area contributed by atoms with Crippen molar-refractivity contribution in [3.05, 3.63) is 51.8 Å². The molecule has 1 aromatic carbocycles. The third kappa shape index (κ3) is 5.42. The van der Waals surface area contributed by atoms with Gasteiger partial charge in [-0.1, -0.05) is 24.4 Å². The number of hydrogen-bond acceptors (Lipinski definition) is 3. The summed E-state index contributed by atoms with van der Waals surface area (Å²) in [5.41, 5.74) is 5.64. The Hall–Kier alpha value is -1.62. The second kappa shape index (κ2) is 10.3. The quantitative estimate of drug-likeness (QED) is 0.604. The van der Waals surface area contributed by atoms with Gasteiger partial charge in [0.25, 0.3) is 0 Å². The maximum Gasteiger partial charge on any atom is 0.178 e. The minimum Gasteiger partial charge on any atom is -0.317 e. The van der Waals surface area contributed by atoms with Gasteiger partial charge in [-0.15, -0.1) is 0 Å². The molecule has 2 saturated heterocycles. The zero-order chi connectivity index (χ0) is 21.8. The van der Waals surface area contributed by atoms with Gasteiger partial charge >= 0.3 is 0 Å². The number of fused-ring (bicyclic) bond motifs is 3. The average molecular weight is 442 g/mol. The predicted octanol–water partition coefficient (Wildman–Crippen LogP) is 5.31. The van der Waals surface area contributed by atoms with E-state index in [-0.39, 0.29) is 5.78 Å². The van der Waals surface area contributed by atoms with Gasteiger partial charge in [0.15, 0.2) is 5.78 Å². The molecule has 5 rings (SSSR count). The number of Topliss-reactive ketones (excluding diaryl/α,β-unsaturated/α-hetero) is 1.